The molecule has 0 aliphatic heterocycles. The van der Waals surface area contributed by atoms with Gasteiger partial charge in [-0.3, -0.25) is 0 Å². The van der Waals surface area contributed by atoms with E-state index in [4.69, 9.17) is 0 Å². The van der Waals surface area contributed by atoms with Gasteiger partial charge >= 0.3 is 0 Å². The van der Waals surface area contributed by atoms with Crippen LogP contribution in [0.25, 0.3) is 49.7 Å². The van der Waals surface area contributed by atoms with Crippen LogP contribution in [0.4, 0.5) is 0 Å². The molecule has 0 radical (unpaired) electrons. The van der Waals surface area contributed by atoms with E-state index in [-0.39, 0.29) is 0 Å². The molecule has 190 valence electrons. The second-order valence-corrected chi connectivity index (χ2v) is 10.9. The van der Waals surface area contributed by atoms with Crippen LogP contribution >= 0.6 is 0 Å². The van der Waals surface area contributed by atoms with Crippen molar-refractivity contribution >= 4 is 21.8 Å². The lowest BCUT2D eigenvalue weighted by atomic mass is 9.85. The van der Waals surface area contributed by atoms with Crippen molar-refractivity contribution in [2.24, 2.45) is 0 Å². The summed E-state index contributed by atoms with van der Waals surface area (Å²) in [6, 6.07) is 53.5. The highest BCUT2D eigenvalue weighted by Gasteiger charge is 2.23. The van der Waals surface area contributed by atoms with Gasteiger partial charge in [-0.25, -0.2) is 0 Å². The fourth-order valence-electron chi connectivity index (χ4n) is 6.76. The molecule has 0 spiro atoms. The Bertz CT molecular complexity index is 1940. The van der Waals surface area contributed by atoms with Crippen LogP contribution in [0, 0.1) is 0 Å². The maximum atomic E-state index is 2.37. The molecule has 0 bridgehead atoms. The van der Waals surface area contributed by atoms with Crippen molar-refractivity contribution in [2.75, 3.05) is 0 Å². The minimum absolute atomic E-state index is 0.398. The fraction of sp³-hybridized carbons (Fsp3) is 0.0769. The second kappa shape index (κ2) is 9.39. The van der Waals surface area contributed by atoms with E-state index >= 15 is 0 Å². The summed E-state index contributed by atoms with van der Waals surface area (Å²) < 4.78 is 2.37. The molecule has 0 N–H and O–H groups in total. The van der Waals surface area contributed by atoms with E-state index in [9.17, 15) is 0 Å². The number of hydrogen-bond acceptors (Lipinski definition) is 0. The van der Waals surface area contributed by atoms with Crippen LogP contribution in [-0.2, 0) is 6.42 Å². The van der Waals surface area contributed by atoms with Gasteiger partial charge in [0.05, 0.1) is 11.0 Å². The molecule has 0 amide bonds. The molecule has 0 fully saturated rings. The molecular formula is C39H29N. The molecule has 1 heterocycles. The zero-order valence-electron chi connectivity index (χ0n) is 22.3. The molecule has 1 nitrogen and oxygen atoms in total. The molecule has 6 aromatic carbocycles. The molecule has 8 rings (SSSR count). The van der Waals surface area contributed by atoms with E-state index in [1.54, 1.807) is 0 Å². The zero-order chi connectivity index (χ0) is 26.5. The maximum absolute atomic E-state index is 2.37. The first-order valence-corrected chi connectivity index (χ1v) is 14.2. The number of nitrogens with zero attached hydrogens (tertiary/aromatic N) is 1. The van der Waals surface area contributed by atoms with Gasteiger partial charge in [0.25, 0.3) is 0 Å². The zero-order valence-corrected chi connectivity index (χ0v) is 22.3. The predicted octanol–water partition coefficient (Wildman–Crippen LogP) is 10.2. The van der Waals surface area contributed by atoms with Crippen molar-refractivity contribution in [3.63, 3.8) is 0 Å². The average molecular weight is 512 g/mol. The molecule has 40 heavy (non-hydrogen) atoms. The number of aryl methyl sites for hydroxylation is 1. The van der Waals surface area contributed by atoms with E-state index in [0.717, 1.165) is 12.8 Å². The summed E-state index contributed by atoms with van der Waals surface area (Å²) in [5, 5.41) is 2.59. The van der Waals surface area contributed by atoms with Gasteiger partial charge in [-0.05, 0) is 76.1 Å². The molecule has 1 aliphatic carbocycles. The van der Waals surface area contributed by atoms with E-state index in [2.05, 4.69) is 150 Å². The summed E-state index contributed by atoms with van der Waals surface area (Å²) in [6.45, 7) is 0. The Hall–Kier alpha value is -4.88. The van der Waals surface area contributed by atoms with Crippen LogP contribution < -0.4 is 0 Å². The topological polar surface area (TPSA) is 4.93 Å². The van der Waals surface area contributed by atoms with Gasteiger partial charge in [0.2, 0.25) is 0 Å². The molecule has 1 atom stereocenters. The monoisotopic (exact) mass is 511 g/mol. The number of benzene rings is 6. The van der Waals surface area contributed by atoms with Crippen LogP contribution in [0.1, 0.15) is 29.0 Å². The summed E-state index contributed by atoms with van der Waals surface area (Å²) >= 11 is 0. The van der Waals surface area contributed by atoms with Gasteiger partial charge in [0, 0.05) is 22.4 Å². The minimum Gasteiger partial charge on any atom is -0.309 e. The minimum atomic E-state index is 0.398. The molecule has 1 aliphatic rings. The largest absolute Gasteiger partial charge is 0.309 e. The highest BCUT2D eigenvalue weighted by Crippen LogP contribution is 2.41. The van der Waals surface area contributed by atoms with E-state index in [1.807, 2.05) is 0 Å². The Labute approximate surface area is 235 Å². The lowest BCUT2D eigenvalue weighted by molar-refractivity contribution is 0.726. The van der Waals surface area contributed by atoms with Crippen LogP contribution in [0.2, 0.25) is 0 Å². The Morgan fingerprint density at radius 2 is 1.02 bits per heavy atom. The molecule has 1 unspecified atom stereocenters. The van der Waals surface area contributed by atoms with Gasteiger partial charge in [-0.2, -0.15) is 0 Å². The number of para-hydroxylation sites is 2. The summed E-state index contributed by atoms with van der Waals surface area (Å²) in [6.07, 6.45) is 2.22. The highest BCUT2D eigenvalue weighted by molar-refractivity contribution is 6.09. The molecule has 0 saturated carbocycles. The summed E-state index contributed by atoms with van der Waals surface area (Å²) in [7, 11) is 0. The first-order chi connectivity index (χ1) is 19.8. The summed E-state index contributed by atoms with van der Waals surface area (Å²) in [4.78, 5) is 0. The van der Waals surface area contributed by atoms with E-state index in [1.165, 1.54) is 66.4 Å². The number of fused-ring (bicyclic) bond motifs is 6. The van der Waals surface area contributed by atoms with Crippen molar-refractivity contribution in [3.05, 3.63) is 162 Å². The average Bonchev–Trinajstić information content (AvgIpc) is 3.26. The molecule has 0 saturated heterocycles. The Morgan fingerprint density at radius 3 is 1.73 bits per heavy atom. The quantitative estimate of drug-likeness (QED) is 0.222. The summed E-state index contributed by atoms with van der Waals surface area (Å²) in [5.74, 6) is 0.398. The number of hydrogen-bond donors (Lipinski definition) is 0. The van der Waals surface area contributed by atoms with E-state index in [0.29, 0.717) is 5.92 Å². The normalized spacial score (nSPS) is 14.6. The van der Waals surface area contributed by atoms with Crippen LogP contribution in [0.5, 0.6) is 0 Å². The van der Waals surface area contributed by atoms with Crippen LogP contribution in [0.15, 0.2) is 146 Å². The molecule has 1 heteroatoms. The van der Waals surface area contributed by atoms with Gasteiger partial charge in [0.15, 0.2) is 0 Å². The first kappa shape index (κ1) is 23.0. The van der Waals surface area contributed by atoms with Crippen LogP contribution in [0.3, 0.4) is 0 Å². The van der Waals surface area contributed by atoms with Gasteiger partial charge in [-0.15, -0.1) is 0 Å². The molecular weight excluding hydrogens is 482 g/mol. The van der Waals surface area contributed by atoms with E-state index < -0.39 is 0 Å². The highest BCUT2D eigenvalue weighted by atomic mass is 15.0. The summed E-state index contributed by atoms with van der Waals surface area (Å²) in [5.41, 5.74) is 13.2. The third-order valence-corrected chi connectivity index (χ3v) is 8.70. The molecule has 7 aromatic rings. The molecule has 1 aromatic heterocycles. The van der Waals surface area contributed by atoms with Gasteiger partial charge in [-0.1, -0.05) is 121 Å². The third-order valence-electron chi connectivity index (χ3n) is 8.70. The Balaban J connectivity index is 1.13. The Kier molecular flexibility index (Phi) is 5.41. The second-order valence-electron chi connectivity index (χ2n) is 10.9. The Morgan fingerprint density at radius 1 is 0.475 bits per heavy atom. The standard InChI is InChI=1S/C39H29N/c1-2-10-32-29(9-1)23-26-33(35-12-4-3-11-34(32)35)30-19-17-27(18-20-30)28-21-24-31(25-22-28)40-38-15-7-5-13-36(38)37-14-6-8-16-39(37)40/h1-22,24-25,33H,23,26H2. The lowest BCUT2D eigenvalue weighted by Gasteiger charge is -2.19. The maximum Gasteiger partial charge on any atom is 0.0541 e. The van der Waals surface area contributed by atoms with Crippen molar-refractivity contribution in [1.82, 2.24) is 4.57 Å². The van der Waals surface area contributed by atoms with Crippen molar-refractivity contribution in [1.29, 1.82) is 0 Å². The van der Waals surface area contributed by atoms with Crippen molar-refractivity contribution in [2.45, 2.75) is 18.8 Å². The first-order valence-electron chi connectivity index (χ1n) is 14.2. The smallest absolute Gasteiger partial charge is 0.0541 e. The van der Waals surface area contributed by atoms with Crippen molar-refractivity contribution < 1.29 is 0 Å². The van der Waals surface area contributed by atoms with Crippen LogP contribution in [-0.4, -0.2) is 4.57 Å². The van der Waals surface area contributed by atoms with Gasteiger partial charge < -0.3 is 4.57 Å². The lowest BCUT2D eigenvalue weighted by Crippen LogP contribution is -2.02. The third kappa shape index (κ3) is 3.70. The van der Waals surface area contributed by atoms with Gasteiger partial charge in [0.1, 0.15) is 0 Å². The number of rotatable bonds is 3. The fourth-order valence-corrected chi connectivity index (χ4v) is 6.76. The van der Waals surface area contributed by atoms with Crippen molar-refractivity contribution in [3.8, 4) is 27.9 Å². The predicted molar refractivity (Wildman–Crippen MR) is 168 cm³/mol. The number of aromatic nitrogens is 1. The SMILES string of the molecule is c1ccc2c(c1)CCC(c1ccc(-c3ccc(-n4c5ccccc5c5ccccc54)cc3)cc1)c1ccccc1-2.